The summed E-state index contributed by atoms with van der Waals surface area (Å²) in [6.07, 6.45) is 3.44. The molecule has 0 amide bonds. The van der Waals surface area contributed by atoms with Gasteiger partial charge in [0.2, 0.25) is 0 Å². The number of aliphatic carboxylic acids is 4. The normalized spacial score (nSPS) is 26.9. The number of nitrogens with zero attached hydrogens (tertiary/aromatic N) is 3. The van der Waals surface area contributed by atoms with Crippen LogP contribution in [-0.4, -0.2) is 122 Å². The molecule has 0 spiro atoms. The summed E-state index contributed by atoms with van der Waals surface area (Å²) in [5.74, 6) is -4.41. The first-order chi connectivity index (χ1) is 15.1. The third-order valence-corrected chi connectivity index (χ3v) is 6.51. The van der Waals surface area contributed by atoms with Crippen LogP contribution in [0.1, 0.15) is 38.5 Å². The smallest absolute Gasteiger partial charge is 0.317 e. The van der Waals surface area contributed by atoms with Crippen LogP contribution in [0.2, 0.25) is 0 Å². The molecule has 1 aliphatic carbocycles. The van der Waals surface area contributed by atoms with Gasteiger partial charge in [0.25, 0.3) is 0 Å². The van der Waals surface area contributed by atoms with E-state index in [-0.39, 0.29) is 57.6 Å². The lowest BCUT2D eigenvalue weighted by Gasteiger charge is -2.45. The Kier molecular flexibility index (Phi) is 9.37. The molecule has 1 saturated carbocycles. The van der Waals surface area contributed by atoms with E-state index in [1.165, 1.54) is 4.90 Å². The molecule has 0 bridgehead atoms. The van der Waals surface area contributed by atoms with Gasteiger partial charge in [-0.15, -0.1) is 0 Å². The molecule has 0 aromatic carbocycles. The van der Waals surface area contributed by atoms with Crippen LogP contribution in [0.15, 0.2) is 0 Å². The molecule has 12 nitrogen and oxygen atoms in total. The number of carboxylic acids is 4. The number of hydrogen-bond acceptors (Lipinski definition) is 8. The fourth-order valence-electron chi connectivity index (χ4n) is 5.32. The molecule has 3 atom stereocenters. The minimum absolute atomic E-state index is 0.0985. The summed E-state index contributed by atoms with van der Waals surface area (Å²) in [5.41, 5.74) is 4.83. The summed E-state index contributed by atoms with van der Waals surface area (Å²) in [6, 6.07) is -0.247. The van der Waals surface area contributed by atoms with E-state index in [4.69, 9.17) is 5.73 Å². The van der Waals surface area contributed by atoms with Crippen molar-refractivity contribution in [1.82, 2.24) is 14.7 Å². The molecule has 1 aliphatic heterocycles. The van der Waals surface area contributed by atoms with Crippen LogP contribution in [-0.2, 0) is 19.2 Å². The van der Waals surface area contributed by atoms with E-state index < -0.39 is 42.5 Å². The first-order valence-corrected chi connectivity index (χ1v) is 10.9. The van der Waals surface area contributed by atoms with E-state index in [1.54, 1.807) is 4.90 Å². The van der Waals surface area contributed by atoms with Gasteiger partial charge in [0.05, 0.1) is 26.1 Å². The van der Waals surface area contributed by atoms with Crippen molar-refractivity contribution in [2.24, 2.45) is 5.73 Å². The topological polar surface area (TPSA) is 185 Å². The summed E-state index contributed by atoms with van der Waals surface area (Å²) in [7, 11) is 0. The molecular formula is C20H34N4O8. The monoisotopic (exact) mass is 458 g/mol. The number of carboxylic acid groups (broad SMARTS) is 4. The SMILES string of the molecule is NCCC1(N(CC(=O)O)CC(=O)O)CN(CCC(=O)O)[C@H]2CCCC[C@@H]2N(CC(=O)O)C1. The molecule has 0 radical (unpaired) electrons. The molecule has 2 aliphatic rings. The molecule has 1 heterocycles. The van der Waals surface area contributed by atoms with E-state index >= 15 is 0 Å². The Morgan fingerprint density at radius 2 is 1.38 bits per heavy atom. The van der Waals surface area contributed by atoms with Gasteiger partial charge in [-0.1, -0.05) is 12.8 Å². The predicted molar refractivity (Wildman–Crippen MR) is 112 cm³/mol. The van der Waals surface area contributed by atoms with Crippen molar-refractivity contribution in [3.05, 3.63) is 0 Å². The highest BCUT2D eigenvalue weighted by atomic mass is 16.4. The lowest BCUT2D eigenvalue weighted by molar-refractivity contribution is -0.147. The fourth-order valence-corrected chi connectivity index (χ4v) is 5.32. The van der Waals surface area contributed by atoms with Gasteiger partial charge in [0.1, 0.15) is 0 Å². The van der Waals surface area contributed by atoms with Gasteiger partial charge in [0.15, 0.2) is 0 Å². The van der Waals surface area contributed by atoms with E-state index in [1.807, 2.05) is 4.90 Å². The van der Waals surface area contributed by atoms with Crippen molar-refractivity contribution < 1.29 is 39.6 Å². The Bertz CT molecular complexity index is 689. The molecule has 6 N–H and O–H groups in total. The molecule has 32 heavy (non-hydrogen) atoms. The van der Waals surface area contributed by atoms with Crippen LogP contribution in [0.25, 0.3) is 0 Å². The lowest BCUT2D eigenvalue weighted by Crippen LogP contribution is -2.63. The van der Waals surface area contributed by atoms with Crippen LogP contribution in [0, 0.1) is 0 Å². The first-order valence-electron chi connectivity index (χ1n) is 10.9. The van der Waals surface area contributed by atoms with Gasteiger partial charge in [-0.05, 0) is 25.8 Å². The minimum atomic E-state index is -1.20. The molecule has 12 heteroatoms. The second kappa shape index (κ2) is 11.5. The molecule has 1 saturated heterocycles. The van der Waals surface area contributed by atoms with Crippen LogP contribution in [0.4, 0.5) is 0 Å². The van der Waals surface area contributed by atoms with Crippen molar-refractivity contribution in [3.8, 4) is 0 Å². The molecule has 0 aromatic heterocycles. The van der Waals surface area contributed by atoms with Crippen LogP contribution in [0.3, 0.4) is 0 Å². The summed E-state index contributed by atoms with van der Waals surface area (Å²) in [6.45, 7) is -0.660. The first kappa shape index (κ1) is 26.0. The molecule has 0 aromatic rings. The van der Waals surface area contributed by atoms with Crippen molar-refractivity contribution in [2.45, 2.75) is 56.1 Å². The average Bonchev–Trinajstić information content (AvgIpc) is 2.81. The van der Waals surface area contributed by atoms with Gasteiger partial charge in [0, 0.05) is 37.3 Å². The zero-order chi connectivity index (χ0) is 23.9. The lowest BCUT2D eigenvalue weighted by atomic mass is 9.88. The van der Waals surface area contributed by atoms with Crippen molar-refractivity contribution in [3.63, 3.8) is 0 Å². The number of nitrogens with two attached hydrogens (primary N) is 1. The maximum Gasteiger partial charge on any atom is 0.317 e. The third kappa shape index (κ3) is 6.86. The van der Waals surface area contributed by atoms with Crippen molar-refractivity contribution >= 4 is 23.9 Å². The van der Waals surface area contributed by atoms with E-state index in [2.05, 4.69) is 0 Å². The third-order valence-electron chi connectivity index (χ3n) is 6.51. The minimum Gasteiger partial charge on any atom is -0.481 e. The van der Waals surface area contributed by atoms with Crippen molar-refractivity contribution in [2.75, 3.05) is 45.8 Å². The van der Waals surface area contributed by atoms with Gasteiger partial charge >= 0.3 is 23.9 Å². The van der Waals surface area contributed by atoms with Gasteiger partial charge < -0.3 is 26.2 Å². The largest absolute Gasteiger partial charge is 0.481 e. The van der Waals surface area contributed by atoms with Crippen LogP contribution >= 0.6 is 0 Å². The Hall–Kier alpha value is -2.28. The molecule has 1 unspecified atom stereocenters. The Labute approximate surface area is 186 Å². The van der Waals surface area contributed by atoms with Crippen molar-refractivity contribution in [1.29, 1.82) is 0 Å². The summed E-state index contributed by atoms with van der Waals surface area (Å²) in [4.78, 5) is 51.4. The Balaban J connectivity index is 2.56. The number of fused-ring (bicyclic) bond motifs is 1. The standard InChI is InChI=1S/C20H34N4O8/c21-7-6-20(24(10-18(29)30)11-19(31)32)12-22(8-5-16(25)26)14-3-1-2-4-15(14)23(13-20)9-17(27)28/h14-15H,1-13,21H2,(H,25,26)(H,27,28)(H,29,30)(H,31,32)/t14-,15-,20?/m0/s1. The van der Waals surface area contributed by atoms with E-state index in [0.29, 0.717) is 0 Å². The number of rotatable bonds is 12. The molecule has 2 rings (SSSR count). The summed E-state index contributed by atoms with van der Waals surface area (Å²) < 4.78 is 0. The molecular weight excluding hydrogens is 424 g/mol. The maximum absolute atomic E-state index is 11.7. The number of carbonyl (C=O) groups is 4. The zero-order valence-electron chi connectivity index (χ0n) is 18.2. The van der Waals surface area contributed by atoms with Gasteiger partial charge in [-0.25, -0.2) is 0 Å². The van der Waals surface area contributed by atoms with E-state index in [0.717, 1.165) is 25.7 Å². The second-order valence-electron chi connectivity index (χ2n) is 8.74. The van der Waals surface area contributed by atoms with Crippen LogP contribution < -0.4 is 5.73 Å². The quantitative estimate of drug-likeness (QED) is 0.241. The maximum atomic E-state index is 11.7. The highest BCUT2D eigenvalue weighted by Gasteiger charge is 2.48. The van der Waals surface area contributed by atoms with Gasteiger partial charge in [-0.2, -0.15) is 0 Å². The van der Waals surface area contributed by atoms with Crippen LogP contribution in [0.5, 0.6) is 0 Å². The Morgan fingerprint density at radius 1 is 0.844 bits per heavy atom. The highest BCUT2D eigenvalue weighted by Crippen LogP contribution is 2.35. The highest BCUT2D eigenvalue weighted by molar-refractivity contribution is 5.73. The van der Waals surface area contributed by atoms with Gasteiger partial charge in [-0.3, -0.25) is 33.9 Å². The summed E-state index contributed by atoms with van der Waals surface area (Å²) in [5, 5.41) is 37.8. The fraction of sp³-hybridized carbons (Fsp3) is 0.800. The number of hydrogen-bond donors (Lipinski definition) is 5. The Morgan fingerprint density at radius 3 is 1.84 bits per heavy atom. The average molecular weight is 459 g/mol. The zero-order valence-corrected chi connectivity index (χ0v) is 18.2. The molecule has 182 valence electrons. The molecule has 2 fully saturated rings. The predicted octanol–water partition coefficient (Wildman–Crippen LogP) is -0.967. The second-order valence-corrected chi connectivity index (χ2v) is 8.74. The summed E-state index contributed by atoms with van der Waals surface area (Å²) >= 11 is 0. The van der Waals surface area contributed by atoms with E-state index in [9.17, 15) is 39.6 Å².